The Morgan fingerprint density at radius 1 is 0.410 bits per heavy atom. The molecule has 0 unspecified atom stereocenters. The lowest BCUT2D eigenvalue weighted by molar-refractivity contribution is 0.0792. The van der Waals surface area contributed by atoms with Crippen molar-refractivity contribution in [2.24, 2.45) is 0 Å². The quantitative estimate of drug-likeness (QED) is 0.0849. The fourth-order valence-corrected chi connectivity index (χ4v) is 18.0. The predicted octanol–water partition coefficient (Wildman–Crippen LogP) is 15.3. The SMILES string of the molecule is COc1ccc2cc1Oc1ccc(cc1)C[C@H]1c3c(cc(OCCOc4ccc5cc4Oc4ccc(cc4)C[C@H]4c6c(cc(OC)c7c6Oc6cc8c(cc6O7)CCN(C)[C@H]8C5)CCN4C(=O)OCCCCn4cnc5c(N)ncnc54)c4c3Oc3cc5c(cc3O4)CCN(C)[C@H]5C2)CCN1C(=O)OCCCn1cnc2c(N)ncnc21. The van der Waals surface area contributed by atoms with Gasteiger partial charge < -0.3 is 87.2 Å². The number of methoxy groups -OCH3 is 2. The third kappa shape index (κ3) is 13.7. The lowest BCUT2D eigenvalue weighted by Crippen LogP contribution is -2.42. The van der Waals surface area contributed by atoms with Gasteiger partial charge in [0.1, 0.15) is 48.4 Å². The maximum atomic E-state index is 14.9. The van der Waals surface area contributed by atoms with Crippen LogP contribution in [0, 0.1) is 0 Å². The molecule has 14 bridgehead atoms. The number of unbranched alkanes of at least 4 members (excludes halogenated alkanes) is 1. The molecule has 10 aliphatic heterocycles. The molecule has 0 aliphatic carbocycles. The van der Waals surface area contributed by atoms with Gasteiger partial charge in [-0.1, -0.05) is 36.4 Å². The molecule has 22 rings (SSSR count). The summed E-state index contributed by atoms with van der Waals surface area (Å²) in [5.74, 6) is 9.23. The molecule has 8 aromatic carbocycles. The monoisotopic (exact) mass is 1570 g/mol. The van der Waals surface area contributed by atoms with E-state index in [1.807, 2.05) is 91.7 Å². The number of anilines is 2. The van der Waals surface area contributed by atoms with Crippen molar-refractivity contribution < 1.29 is 66.4 Å². The van der Waals surface area contributed by atoms with Gasteiger partial charge in [-0.3, -0.25) is 9.80 Å². The number of imidazole rings is 2. The first kappa shape index (κ1) is 72.9. The predicted molar refractivity (Wildman–Crippen MR) is 431 cm³/mol. The lowest BCUT2D eigenvalue weighted by Gasteiger charge is -2.40. The number of likely N-dealkylation sites (N-methyl/N-ethyl adjacent to an activating group) is 2. The minimum absolute atomic E-state index is 0.0244. The number of aryl methyl sites for hydroxylation is 2. The average molecular weight is 1580 g/mol. The van der Waals surface area contributed by atoms with Crippen LogP contribution in [0.2, 0.25) is 0 Å². The maximum Gasteiger partial charge on any atom is 0.410 e. The molecular weight excluding hydrogens is 1490 g/mol. The third-order valence-electron chi connectivity index (χ3n) is 24.0. The second-order valence-corrected chi connectivity index (χ2v) is 31.0. The van der Waals surface area contributed by atoms with E-state index in [0.29, 0.717) is 210 Å². The summed E-state index contributed by atoms with van der Waals surface area (Å²) in [7, 11) is 7.62. The molecule has 0 fully saturated rings. The van der Waals surface area contributed by atoms with E-state index in [4.69, 9.17) is 68.3 Å². The highest BCUT2D eigenvalue weighted by Crippen LogP contribution is 2.60. The molecule has 28 heteroatoms. The number of carbonyl (C=O) groups excluding carboxylic acids is 2. The van der Waals surface area contributed by atoms with Crippen molar-refractivity contribution >= 4 is 46.1 Å². The van der Waals surface area contributed by atoms with Gasteiger partial charge >= 0.3 is 12.2 Å². The summed E-state index contributed by atoms with van der Waals surface area (Å²) in [6.45, 7) is 3.95. The topological polar surface area (TPSA) is 297 Å². The van der Waals surface area contributed by atoms with Crippen molar-refractivity contribution in [1.82, 2.24) is 58.6 Å². The molecule has 10 aliphatic rings. The second-order valence-electron chi connectivity index (χ2n) is 31.0. The molecule has 14 heterocycles. The highest BCUT2D eigenvalue weighted by atomic mass is 16.6. The van der Waals surface area contributed by atoms with Crippen molar-refractivity contribution in [3.63, 3.8) is 0 Å². The Hall–Kier alpha value is -13.1. The van der Waals surface area contributed by atoms with E-state index in [1.165, 1.54) is 12.7 Å². The highest BCUT2D eigenvalue weighted by molar-refractivity contribution is 5.82. The van der Waals surface area contributed by atoms with Crippen molar-refractivity contribution in [2.75, 3.05) is 92.4 Å². The zero-order valence-corrected chi connectivity index (χ0v) is 65.3. The van der Waals surface area contributed by atoms with Crippen LogP contribution in [0.1, 0.15) is 110 Å². The molecule has 4 N–H and O–H groups in total. The molecule has 0 radical (unpaired) electrons. The van der Waals surface area contributed by atoms with Crippen LogP contribution >= 0.6 is 0 Å². The Balaban J connectivity index is 0.602. The lowest BCUT2D eigenvalue weighted by atomic mass is 9.86. The highest BCUT2D eigenvalue weighted by Gasteiger charge is 2.43. The van der Waals surface area contributed by atoms with Crippen LogP contribution in [-0.4, -0.2) is 152 Å². The fraction of sp³-hybridized carbons (Fsp3) is 0.326. The number of ether oxygens (including phenoxy) is 12. The molecule has 117 heavy (non-hydrogen) atoms. The largest absolute Gasteiger partial charge is 0.493 e. The zero-order valence-electron chi connectivity index (χ0n) is 65.3. The molecule has 28 nitrogen and oxygen atoms in total. The molecule has 0 saturated heterocycles. The van der Waals surface area contributed by atoms with Crippen LogP contribution in [0.15, 0.2) is 147 Å². The van der Waals surface area contributed by atoms with Gasteiger partial charge in [0.25, 0.3) is 0 Å². The number of nitrogens with zero attached hydrogens (tertiary/aromatic N) is 12. The Morgan fingerprint density at radius 3 is 1.38 bits per heavy atom. The standard InChI is InChI=1S/C89H86N14O14/c1-98-27-21-55-41-71-73-45-61(55)62(98)36-52-12-18-66(106-3)68(38-52)112-58-14-8-50(9-15-58)35-65-77-57(23-29-103(65)89(105)111-31-7-25-101-49-97-79-85(91)93-47-95-87(79)101)43-75(81(115-71)83(77)117-73)109-33-32-108-67-19-13-53-37-63-60-44-72-70(40-54(60)20-26-99(63)2)114-80-74(107-4)42-56-22-28-102(88(104)110-30-6-5-24-100-48-96-78-84(90)92-46-94-86(78)100)64(76(56)82(80)116-72)34-51-10-16-59(17-11-51)113-69(67)39-53/h8-19,38-49,62-65H,5-7,20-37H2,1-4H3,(H2,90,92,94)(H2,91,93,95)/t62-,63-,64-,65-/m0/s1. The molecule has 0 spiro atoms. The summed E-state index contributed by atoms with van der Waals surface area (Å²) in [5.41, 5.74) is 26.6. The van der Waals surface area contributed by atoms with Crippen LogP contribution in [-0.2, 0) is 73.9 Å². The number of hydrogen-bond acceptors (Lipinski definition) is 24. The molecule has 2 amide bonds. The fourth-order valence-electron chi connectivity index (χ4n) is 18.0. The third-order valence-corrected chi connectivity index (χ3v) is 24.0. The number of fused-ring (bicyclic) bond motifs is 6. The van der Waals surface area contributed by atoms with E-state index in [-0.39, 0.29) is 38.5 Å². The number of nitrogen functional groups attached to an aromatic ring is 2. The first-order chi connectivity index (χ1) is 57.3. The van der Waals surface area contributed by atoms with Crippen molar-refractivity contribution in [3.8, 4) is 92.0 Å². The van der Waals surface area contributed by atoms with Gasteiger partial charge in [-0.25, -0.2) is 39.5 Å². The van der Waals surface area contributed by atoms with Crippen LogP contribution in [0.4, 0.5) is 21.2 Å². The average Bonchev–Trinajstić information content (AvgIpc) is 1.47. The van der Waals surface area contributed by atoms with Crippen molar-refractivity contribution in [2.45, 2.75) is 108 Å². The zero-order chi connectivity index (χ0) is 79.1. The Bertz CT molecular complexity index is 5920. The molecule has 596 valence electrons. The Kier molecular flexibility index (Phi) is 18.9. The van der Waals surface area contributed by atoms with E-state index in [2.05, 4.69) is 102 Å². The van der Waals surface area contributed by atoms with E-state index in [0.717, 1.165) is 92.7 Å². The summed E-state index contributed by atoms with van der Waals surface area (Å²) in [4.78, 5) is 63.9. The second kappa shape index (κ2) is 30.3. The number of nitrogens with two attached hydrogens (primary N) is 2. The van der Waals surface area contributed by atoms with E-state index < -0.39 is 24.3 Å². The van der Waals surface area contributed by atoms with E-state index in [1.54, 1.807) is 26.9 Å². The van der Waals surface area contributed by atoms with Crippen molar-refractivity contribution in [1.29, 1.82) is 0 Å². The number of benzene rings is 8. The number of hydrogen-bond donors (Lipinski definition) is 2. The van der Waals surface area contributed by atoms with Gasteiger partial charge in [-0.15, -0.1) is 0 Å². The van der Waals surface area contributed by atoms with Gasteiger partial charge in [-0.05, 0) is 225 Å². The molecule has 0 saturated carbocycles. The Morgan fingerprint density at radius 2 is 0.846 bits per heavy atom. The summed E-state index contributed by atoms with van der Waals surface area (Å²) < 4.78 is 84.2. The number of amides is 2. The van der Waals surface area contributed by atoms with Crippen LogP contribution in [0.25, 0.3) is 22.3 Å². The first-order valence-electron chi connectivity index (χ1n) is 40.0. The van der Waals surface area contributed by atoms with E-state index >= 15 is 0 Å². The number of aromatic nitrogens is 8. The van der Waals surface area contributed by atoms with Gasteiger partial charge in [0.2, 0.25) is 11.5 Å². The van der Waals surface area contributed by atoms with Gasteiger partial charge in [0.05, 0.1) is 52.2 Å². The summed E-state index contributed by atoms with van der Waals surface area (Å²) in [6.07, 6.45) is 11.8. The molecule has 4 atom stereocenters. The summed E-state index contributed by atoms with van der Waals surface area (Å²) in [6, 6.07) is 39.5. The van der Waals surface area contributed by atoms with Gasteiger partial charge in [-0.2, -0.15) is 0 Å². The van der Waals surface area contributed by atoms with Crippen molar-refractivity contribution in [3.05, 3.63) is 213 Å². The summed E-state index contributed by atoms with van der Waals surface area (Å²) >= 11 is 0. The maximum absolute atomic E-state index is 14.9. The minimum atomic E-state index is -0.594. The summed E-state index contributed by atoms with van der Waals surface area (Å²) in [5, 5.41) is 0. The van der Waals surface area contributed by atoms with Gasteiger partial charge in [0.15, 0.2) is 91.9 Å². The van der Waals surface area contributed by atoms with Crippen LogP contribution in [0.3, 0.4) is 0 Å². The number of rotatable bonds is 16. The van der Waals surface area contributed by atoms with Crippen LogP contribution in [0.5, 0.6) is 92.0 Å². The van der Waals surface area contributed by atoms with E-state index in [9.17, 15) is 9.59 Å². The molecule has 12 aromatic rings. The number of carbonyl (C=O) groups is 2. The molecular formula is C89H86N14O14. The van der Waals surface area contributed by atoms with Gasteiger partial charge in [0, 0.05) is 62.5 Å². The molecule has 4 aromatic heterocycles. The smallest absolute Gasteiger partial charge is 0.410 e. The Labute approximate surface area is 673 Å². The normalized spacial score (nSPS) is 17.9. The van der Waals surface area contributed by atoms with Crippen LogP contribution < -0.4 is 58.8 Å². The minimum Gasteiger partial charge on any atom is -0.493 e. The first-order valence-corrected chi connectivity index (χ1v) is 40.0.